The lowest BCUT2D eigenvalue weighted by Gasteiger charge is -2.10. The molecule has 1 atom stereocenters. The SMILES string of the molecule is C#CC[C@@H](CS(=O)(=O)Cc1ccccc1)C(=O)O. The number of aliphatic carboxylic acids is 1. The van der Waals surface area contributed by atoms with Crippen LogP contribution >= 0.6 is 0 Å². The van der Waals surface area contributed by atoms with Gasteiger partial charge in [-0.1, -0.05) is 30.3 Å². The van der Waals surface area contributed by atoms with Crippen LogP contribution < -0.4 is 0 Å². The normalized spacial score (nSPS) is 12.6. The van der Waals surface area contributed by atoms with E-state index >= 15 is 0 Å². The van der Waals surface area contributed by atoms with Crippen LogP contribution in [0.4, 0.5) is 0 Å². The Kier molecular flexibility index (Phi) is 4.93. The van der Waals surface area contributed by atoms with E-state index in [-0.39, 0.29) is 12.2 Å². The summed E-state index contributed by atoms with van der Waals surface area (Å²) in [7, 11) is -3.48. The minimum absolute atomic E-state index is 0.0800. The molecule has 0 aliphatic rings. The van der Waals surface area contributed by atoms with Crippen molar-refractivity contribution in [2.75, 3.05) is 5.75 Å². The van der Waals surface area contributed by atoms with Crippen LogP contribution in [0.2, 0.25) is 0 Å². The zero-order valence-corrected chi connectivity index (χ0v) is 10.6. The van der Waals surface area contributed by atoms with Gasteiger partial charge in [-0.05, 0) is 5.56 Å². The van der Waals surface area contributed by atoms with E-state index in [9.17, 15) is 13.2 Å². The van der Waals surface area contributed by atoms with Gasteiger partial charge >= 0.3 is 5.97 Å². The minimum Gasteiger partial charge on any atom is -0.481 e. The maximum atomic E-state index is 11.9. The Morgan fingerprint density at radius 2 is 1.94 bits per heavy atom. The average Bonchev–Trinajstić information content (AvgIpc) is 2.28. The number of carboxylic acid groups (broad SMARTS) is 1. The van der Waals surface area contributed by atoms with Gasteiger partial charge in [0.15, 0.2) is 9.84 Å². The molecule has 0 aliphatic heterocycles. The highest BCUT2D eigenvalue weighted by Gasteiger charge is 2.24. The number of benzene rings is 1. The number of sulfone groups is 1. The van der Waals surface area contributed by atoms with Gasteiger partial charge in [-0.2, -0.15) is 0 Å². The molecule has 0 saturated heterocycles. The molecule has 96 valence electrons. The van der Waals surface area contributed by atoms with Gasteiger partial charge in [0.2, 0.25) is 0 Å². The van der Waals surface area contributed by atoms with Gasteiger partial charge in [-0.25, -0.2) is 8.42 Å². The van der Waals surface area contributed by atoms with Gasteiger partial charge in [-0.3, -0.25) is 4.79 Å². The fourth-order valence-corrected chi connectivity index (χ4v) is 3.25. The first-order valence-electron chi connectivity index (χ1n) is 5.35. The van der Waals surface area contributed by atoms with E-state index in [4.69, 9.17) is 11.5 Å². The summed E-state index contributed by atoms with van der Waals surface area (Å²) in [5, 5.41) is 8.87. The van der Waals surface area contributed by atoms with Crippen LogP contribution in [-0.4, -0.2) is 25.2 Å². The monoisotopic (exact) mass is 266 g/mol. The van der Waals surface area contributed by atoms with E-state index < -0.39 is 27.5 Å². The van der Waals surface area contributed by atoms with Crippen LogP contribution in [0.1, 0.15) is 12.0 Å². The minimum atomic E-state index is -3.48. The Morgan fingerprint density at radius 1 is 1.33 bits per heavy atom. The first-order chi connectivity index (χ1) is 8.44. The van der Waals surface area contributed by atoms with Crippen LogP contribution in [0.15, 0.2) is 30.3 Å². The van der Waals surface area contributed by atoms with Gasteiger partial charge < -0.3 is 5.11 Å². The van der Waals surface area contributed by atoms with Crippen molar-refractivity contribution in [1.82, 2.24) is 0 Å². The quantitative estimate of drug-likeness (QED) is 0.788. The molecular weight excluding hydrogens is 252 g/mol. The van der Waals surface area contributed by atoms with Crippen molar-refractivity contribution >= 4 is 15.8 Å². The zero-order chi connectivity index (χ0) is 13.6. The summed E-state index contributed by atoms with van der Waals surface area (Å²) in [6, 6.07) is 8.64. The summed E-state index contributed by atoms with van der Waals surface area (Å²) in [6.45, 7) is 0. The second kappa shape index (κ2) is 6.22. The summed E-state index contributed by atoms with van der Waals surface area (Å²) in [5.74, 6) is -0.618. The number of hydrogen-bond acceptors (Lipinski definition) is 3. The van der Waals surface area contributed by atoms with Crippen molar-refractivity contribution < 1.29 is 18.3 Å². The van der Waals surface area contributed by atoms with Gasteiger partial charge in [0.05, 0.1) is 17.4 Å². The van der Waals surface area contributed by atoms with E-state index in [1.54, 1.807) is 30.3 Å². The third-order valence-corrected chi connectivity index (χ3v) is 4.08. The van der Waals surface area contributed by atoms with Crippen molar-refractivity contribution in [3.8, 4) is 12.3 Å². The fraction of sp³-hybridized carbons (Fsp3) is 0.308. The maximum Gasteiger partial charge on any atom is 0.308 e. The van der Waals surface area contributed by atoms with Crippen molar-refractivity contribution in [3.05, 3.63) is 35.9 Å². The van der Waals surface area contributed by atoms with E-state index in [1.807, 2.05) is 0 Å². The first kappa shape index (κ1) is 14.3. The molecular formula is C13H14O4S. The van der Waals surface area contributed by atoms with E-state index in [1.165, 1.54) is 0 Å². The van der Waals surface area contributed by atoms with Crippen LogP contribution in [0.3, 0.4) is 0 Å². The lowest BCUT2D eigenvalue weighted by molar-refractivity contribution is -0.140. The molecule has 0 fully saturated rings. The molecule has 5 heteroatoms. The molecule has 0 heterocycles. The Morgan fingerprint density at radius 3 is 2.44 bits per heavy atom. The molecule has 0 radical (unpaired) electrons. The molecule has 1 aromatic rings. The summed E-state index contributed by atoms with van der Waals surface area (Å²) < 4.78 is 23.7. The highest BCUT2D eigenvalue weighted by Crippen LogP contribution is 2.12. The number of carboxylic acids is 1. The predicted molar refractivity (Wildman–Crippen MR) is 68.5 cm³/mol. The average molecular weight is 266 g/mol. The Bertz CT molecular complexity index is 540. The smallest absolute Gasteiger partial charge is 0.308 e. The van der Waals surface area contributed by atoms with Crippen molar-refractivity contribution in [3.63, 3.8) is 0 Å². The predicted octanol–water partition coefficient (Wildman–Crippen LogP) is 1.33. The second-order valence-corrected chi connectivity index (χ2v) is 6.09. The maximum absolute atomic E-state index is 11.9. The van der Waals surface area contributed by atoms with Crippen LogP contribution in [0.25, 0.3) is 0 Å². The first-order valence-corrected chi connectivity index (χ1v) is 7.17. The molecule has 1 N–H and O–H groups in total. The van der Waals surface area contributed by atoms with Crippen LogP contribution in [-0.2, 0) is 20.4 Å². The molecule has 0 spiro atoms. The lowest BCUT2D eigenvalue weighted by Crippen LogP contribution is -2.24. The Labute approximate surface area is 107 Å². The molecule has 0 unspecified atom stereocenters. The molecule has 0 aromatic heterocycles. The van der Waals surface area contributed by atoms with Gasteiger partial charge in [0.25, 0.3) is 0 Å². The van der Waals surface area contributed by atoms with E-state index in [2.05, 4.69) is 5.92 Å². The molecule has 0 amide bonds. The van der Waals surface area contributed by atoms with E-state index in [0.717, 1.165) is 0 Å². The zero-order valence-electron chi connectivity index (χ0n) is 9.74. The number of carbonyl (C=O) groups is 1. The van der Waals surface area contributed by atoms with Crippen LogP contribution in [0, 0.1) is 18.3 Å². The summed E-state index contributed by atoms with van der Waals surface area (Å²) in [6.07, 6.45) is 4.95. The standard InChI is InChI=1S/C13H14O4S/c1-2-6-12(13(14)15)10-18(16,17)9-11-7-4-3-5-8-11/h1,3-5,7-8,12H,6,9-10H2,(H,14,15)/t12-/m0/s1. The topological polar surface area (TPSA) is 71.4 Å². The number of rotatable bonds is 6. The number of hydrogen-bond donors (Lipinski definition) is 1. The highest BCUT2D eigenvalue weighted by atomic mass is 32.2. The Balaban J connectivity index is 2.76. The lowest BCUT2D eigenvalue weighted by atomic mass is 10.1. The molecule has 0 aliphatic carbocycles. The molecule has 1 rings (SSSR count). The molecule has 0 saturated carbocycles. The van der Waals surface area contributed by atoms with Gasteiger partial charge in [-0.15, -0.1) is 12.3 Å². The van der Waals surface area contributed by atoms with Crippen molar-refractivity contribution in [2.45, 2.75) is 12.2 Å². The third kappa shape index (κ3) is 4.60. The molecule has 0 bridgehead atoms. The molecule has 4 nitrogen and oxygen atoms in total. The summed E-state index contributed by atoms with van der Waals surface area (Å²) >= 11 is 0. The molecule has 18 heavy (non-hydrogen) atoms. The largest absolute Gasteiger partial charge is 0.481 e. The highest BCUT2D eigenvalue weighted by molar-refractivity contribution is 7.90. The van der Waals surface area contributed by atoms with Gasteiger partial charge in [0, 0.05) is 6.42 Å². The van der Waals surface area contributed by atoms with Gasteiger partial charge in [0.1, 0.15) is 0 Å². The second-order valence-electron chi connectivity index (χ2n) is 3.98. The van der Waals surface area contributed by atoms with Crippen LogP contribution in [0.5, 0.6) is 0 Å². The molecule has 1 aromatic carbocycles. The third-order valence-electron chi connectivity index (χ3n) is 2.40. The Hall–Kier alpha value is -1.80. The van der Waals surface area contributed by atoms with E-state index in [0.29, 0.717) is 5.56 Å². The summed E-state index contributed by atoms with van der Waals surface area (Å²) in [5.41, 5.74) is 0.641. The van der Waals surface area contributed by atoms with Crippen molar-refractivity contribution in [1.29, 1.82) is 0 Å². The summed E-state index contributed by atoms with van der Waals surface area (Å²) in [4.78, 5) is 10.9. The number of terminal acetylenes is 1. The van der Waals surface area contributed by atoms with Crippen molar-refractivity contribution in [2.24, 2.45) is 5.92 Å². The fourth-order valence-electron chi connectivity index (χ4n) is 1.55.